The Kier molecular flexibility index (Phi) is 10.2. The molecule has 0 unspecified atom stereocenters. The van der Waals surface area contributed by atoms with Gasteiger partial charge in [0, 0.05) is 36.0 Å². The molecule has 204 valence electrons. The molecule has 1 fully saturated rings. The molecule has 0 bridgehead atoms. The Balaban J connectivity index is 1.89. The van der Waals surface area contributed by atoms with Crippen LogP contribution >= 0.6 is 11.8 Å². The third kappa shape index (κ3) is 8.55. The number of sulfonamides is 1. The van der Waals surface area contributed by atoms with Crippen LogP contribution in [0.25, 0.3) is 0 Å². The number of morpholine rings is 1. The summed E-state index contributed by atoms with van der Waals surface area (Å²) in [5.41, 5.74) is 0.464. The van der Waals surface area contributed by atoms with E-state index in [-0.39, 0.29) is 17.4 Å². The van der Waals surface area contributed by atoms with Crippen molar-refractivity contribution in [3.63, 3.8) is 0 Å². The van der Waals surface area contributed by atoms with Crippen LogP contribution in [0.1, 0.15) is 40.2 Å². The molecular weight excluding hydrogens is 508 g/mol. The number of rotatable bonds is 10. The van der Waals surface area contributed by atoms with Gasteiger partial charge in [-0.3, -0.25) is 9.69 Å². The number of benzene rings is 2. The SMILES string of the molecule is Cc1ccc(Sc2ccc(S(=O)(=O)N(CCN3CCOCC3)[C@H](C(=O)OC(C)(C)C)C(C)C)cc2)cc1. The molecule has 3 rings (SSSR count). The van der Waals surface area contributed by atoms with Crippen LogP contribution in [0.5, 0.6) is 0 Å². The summed E-state index contributed by atoms with van der Waals surface area (Å²) in [4.78, 5) is 17.6. The highest BCUT2D eigenvalue weighted by Crippen LogP contribution is 2.30. The number of hydrogen-bond acceptors (Lipinski definition) is 7. The molecule has 1 atom stereocenters. The summed E-state index contributed by atoms with van der Waals surface area (Å²) in [6.07, 6.45) is 0. The zero-order valence-electron chi connectivity index (χ0n) is 22.8. The molecule has 2 aromatic rings. The Labute approximate surface area is 226 Å². The van der Waals surface area contributed by atoms with Crippen molar-refractivity contribution in [2.45, 2.75) is 67.9 Å². The summed E-state index contributed by atoms with van der Waals surface area (Å²) >= 11 is 1.57. The fourth-order valence-corrected chi connectivity index (χ4v) is 6.63. The van der Waals surface area contributed by atoms with Gasteiger partial charge in [0.15, 0.2) is 0 Å². The minimum atomic E-state index is -3.98. The predicted octanol–water partition coefficient (Wildman–Crippen LogP) is 4.84. The quantitative estimate of drug-likeness (QED) is 0.394. The highest BCUT2D eigenvalue weighted by Gasteiger charge is 2.40. The molecule has 7 nitrogen and oxygen atoms in total. The van der Waals surface area contributed by atoms with Gasteiger partial charge in [0.2, 0.25) is 10.0 Å². The Bertz CT molecular complexity index is 1120. The van der Waals surface area contributed by atoms with Crippen molar-refractivity contribution < 1.29 is 22.7 Å². The van der Waals surface area contributed by atoms with E-state index in [1.54, 1.807) is 44.7 Å². The van der Waals surface area contributed by atoms with E-state index < -0.39 is 27.6 Å². The lowest BCUT2D eigenvalue weighted by molar-refractivity contribution is -0.161. The van der Waals surface area contributed by atoms with Crippen LogP contribution in [-0.4, -0.2) is 74.6 Å². The molecule has 0 saturated carbocycles. The zero-order valence-corrected chi connectivity index (χ0v) is 24.4. The average molecular weight is 549 g/mol. The molecule has 1 heterocycles. The maximum atomic E-state index is 14.0. The summed E-state index contributed by atoms with van der Waals surface area (Å²) in [7, 11) is -3.98. The van der Waals surface area contributed by atoms with E-state index in [9.17, 15) is 13.2 Å². The number of carbonyl (C=O) groups excluding carboxylic acids is 1. The normalized spacial score (nSPS) is 16.2. The van der Waals surface area contributed by atoms with Crippen LogP contribution in [-0.2, 0) is 24.3 Å². The van der Waals surface area contributed by atoms with Gasteiger partial charge in [0.1, 0.15) is 11.6 Å². The van der Waals surface area contributed by atoms with Crippen molar-refractivity contribution in [1.82, 2.24) is 9.21 Å². The summed E-state index contributed by atoms with van der Waals surface area (Å²) in [6, 6.07) is 14.1. The number of aryl methyl sites for hydroxylation is 1. The van der Waals surface area contributed by atoms with E-state index in [4.69, 9.17) is 9.47 Å². The monoisotopic (exact) mass is 548 g/mol. The van der Waals surface area contributed by atoms with Crippen molar-refractivity contribution in [2.24, 2.45) is 5.92 Å². The molecule has 0 N–H and O–H groups in total. The van der Waals surface area contributed by atoms with Gasteiger partial charge in [0.05, 0.1) is 18.1 Å². The van der Waals surface area contributed by atoms with Gasteiger partial charge in [-0.1, -0.05) is 43.3 Å². The zero-order chi connectivity index (χ0) is 27.2. The lowest BCUT2D eigenvalue weighted by atomic mass is 10.0. The number of ether oxygens (including phenoxy) is 2. The molecule has 0 radical (unpaired) electrons. The van der Waals surface area contributed by atoms with Gasteiger partial charge < -0.3 is 9.47 Å². The molecule has 9 heteroatoms. The first kappa shape index (κ1) is 29.6. The van der Waals surface area contributed by atoms with E-state index >= 15 is 0 Å². The summed E-state index contributed by atoms with van der Waals surface area (Å²) < 4.78 is 40.4. The molecule has 37 heavy (non-hydrogen) atoms. The molecule has 0 aliphatic carbocycles. The third-order valence-electron chi connectivity index (χ3n) is 6.02. The lowest BCUT2D eigenvalue weighted by Gasteiger charge is -2.35. The average Bonchev–Trinajstić information content (AvgIpc) is 2.82. The number of hydrogen-bond donors (Lipinski definition) is 0. The first-order valence-electron chi connectivity index (χ1n) is 12.8. The predicted molar refractivity (Wildman–Crippen MR) is 147 cm³/mol. The molecule has 1 saturated heterocycles. The van der Waals surface area contributed by atoms with Crippen molar-refractivity contribution in [3.8, 4) is 0 Å². The number of nitrogens with zero attached hydrogens (tertiary/aromatic N) is 2. The smallest absolute Gasteiger partial charge is 0.325 e. The van der Waals surface area contributed by atoms with Gasteiger partial charge in [-0.15, -0.1) is 0 Å². The Morgan fingerprint density at radius 1 is 1.03 bits per heavy atom. The molecular formula is C28H40N2O5S2. The second kappa shape index (κ2) is 12.8. The molecule has 1 aliphatic rings. The second-order valence-electron chi connectivity index (χ2n) is 10.7. The van der Waals surface area contributed by atoms with Crippen LogP contribution < -0.4 is 0 Å². The van der Waals surface area contributed by atoms with E-state index in [2.05, 4.69) is 17.0 Å². The molecule has 0 spiro atoms. The van der Waals surface area contributed by atoms with E-state index in [1.165, 1.54) is 9.87 Å². The molecule has 2 aromatic carbocycles. The highest BCUT2D eigenvalue weighted by molar-refractivity contribution is 7.99. The summed E-state index contributed by atoms with van der Waals surface area (Å²) in [6.45, 7) is 14.5. The van der Waals surface area contributed by atoms with Crippen LogP contribution in [0, 0.1) is 12.8 Å². The number of carbonyl (C=O) groups is 1. The maximum absolute atomic E-state index is 14.0. The van der Waals surface area contributed by atoms with Crippen molar-refractivity contribution >= 4 is 27.8 Å². The highest BCUT2D eigenvalue weighted by atomic mass is 32.2. The van der Waals surface area contributed by atoms with Gasteiger partial charge in [0.25, 0.3) is 0 Å². The van der Waals surface area contributed by atoms with E-state index in [1.807, 2.05) is 45.0 Å². The van der Waals surface area contributed by atoms with Gasteiger partial charge in [-0.05, 0) is 70.0 Å². The van der Waals surface area contributed by atoms with E-state index in [0.717, 1.165) is 22.9 Å². The second-order valence-corrected chi connectivity index (χ2v) is 13.7. The minimum absolute atomic E-state index is 0.164. The molecule has 1 aliphatic heterocycles. The van der Waals surface area contributed by atoms with Crippen molar-refractivity contribution in [2.75, 3.05) is 39.4 Å². The van der Waals surface area contributed by atoms with Crippen LogP contribution in [0.2, 0.25) is 0 Å². The van der Waals surface area contributed by atoms with Crippen molar-refractivity contribution in [3.05, 3.63) is 54.1 Å². The summed E-state index contributed by atoms with van der Waals surface area (Å²) in [5.74, 6) is -0.801. The number of esters is 1. The first-order chi connectivity index (χ1) is 17.4. The third-order valence-corrected chi connectivity index (χ3v) is 8.93. The topological polar surface area (TPSA) is 76.2 Å². The van der Waals surface area contributed by atoms with Gasteiger partial charge in [-0.25, -0.2) is 8.42 Å². The maximum Gasteiger partial charge on any atom is 0.325 e. The van der Waals surface area contributed by atoms with Gasteiger partial charge >= 0.3 is 5.97 Å². The standard InChI is InChI=1S/C28H40N2O5S2/c1-21(2)26(27(31)35-28(4,5)6)30(16-15-29-17-19-34-20-18-29)37(32,33)25-13-11-24(12-14-25)36-23-9-7-22(3)8-10-23/h7-14,21,26H,15-20H2,1-6H3/t26-/m0/s1. The Morgan fingerprint density at radius 3 is 2.08 bits per heavy atom. The Hall–Kier alpha value is -1.91. The van der Waals surface area contributed by atoms with Crippen LogP contribution in [0.4, 0.5) is 0 Å². The van der Waals surface area contributed by atoms with Crippen LogP contribution in [0.3, 0.4) is 0 Å². The van der Waals surface area contributed by atoms with E-state index in [0.29, 0.717) is 19.8 Å². The fourth-order valence-electron chi connectivity index (χ4n) is 4.12. The van der Waals surface area contributed by atoms with Crippen molar-refractivity contribution in [1.29, 1.82) is 0 Å². The lowest BCUT2D eigenvalue weighted by Crippen LogP contribution is -2.53. The minimum Gasteiger partial charge on any atom is -0.459 e. The van der Waals surface area contributed by atoms with Crippen LogP contribution in [0.15, 0.2) is 63.2 Å². The fraction of sp³-hybridized carbons (Fsp3) is 0.536. The van der Waals surface area contributed by atoms with Gasteiger partial charge in [-0.2, -0.15) is 4.31 Å². The first-order valence-corrected chi connectivity index (χ1v) is 15.0. The largest absolute Gasteiger partial charge is 0.459 e. The Morgan fingerprint density at radius 2 is 1.57 bits per heavy atom. The summed E-state index contributed by atoms with van der Waals surface area (Å²) in [5, 5.41) is 0. The molecule has 0 aromatic heterocycles. The molecule has 0 amide bonds.